The van der Waals surface area contributed by atoms with E-state index in [1.165, 1.54) is 19.2 Å². The molecule has 2 aliphatic heterocycles. The van der Waals surface area contributed by atoms with E-state index < -0.39 is 28.8 Å². The SMILES string of the molecule is COc1ccc([N+](=O)[O-])cc1N1C(=O)[C@@H]2C(c3c(C)nn(C)c3C)=NO[C@H]2C1=O. The summed E-state index contributed by atoms with van der Waals surface area (Å²) in [4.78, 5) is 43.0. The predicted molar refractivity (Wildman–Crippen MR) is 99.7 cm³/mol. The Bertz CT molecular complexity index is 1100. The van der Waals surface area contributed by atoms with E-state index in [4.69, 9.17) is 9.57 Å². The molecule has 0 spiro atoms. The van der Waals surface area contributed by atoms with Crippen molar-refractivity contribution in [2.24, 2.45) is 18.1 Å². The van der Waals surface area contributed by atoms with Crippen LogP contribution < -0.4 is 9.64 Å². The Kier molecular flexibility index (Phi) is 4.10. The lowest BCUT2D eigenvalue weighted by Crippen LogP contribution is -2.33. The van der Waals surface area contributed by atoms with Crippen LogP contribution in [0.5, 0.6) is 5.75 Å². The first kappa shape index (κ1) is 18.6. The number of ether oxygens (including phenoxy) is 1. The van der Waals surface area contributed by atoms with Gasteiger partial charge >= 0.3 is 0 Å². The van der Waals surface area contributed by atoms with Gasteiger partial charge in [0.2, 0.25) is 12.0 Å². The number of methoxy groups -OCH3 is 1. The average molecular weight is 399 g/mol. The molecule has 0 aliphatic carbocycles. The molecule has 29 heavy (non-hydrogen) atoms. The fourth-order valence-electron chi connectivity index (χ4n) is 3.73. The third-order valence-electron chi connectivity index (χ3n) is 5.19. The molecule has 2 atom stereocenters. The van der Waals surface area contributed by atoms with Gasteiger partial charge in [-0.25, -0.2) is 4.90 Å². The fourth-order valence-corrected chi connectivity index (χ4v) is 3.73. The zero-order valence-corrected chi connectivity index (χ0v) is 16.1. The zero-order chi connectivity index (χ0) is 21.0. The van der Waals surface area contributed by atoms with Crippen LogP contribution in [0.1, 0.15) is 17.0 Å². The average Bonchev–Trinajstić information content (AvgIpc) is 3.29. The number of rotatable bonds is 4. The quantitative estimate of drug-likeness (QED) is 0.430. The highest BCUT2D eigenvalue weighted by atomic mass is 16.7. The molecule has 2 amide bonds. The van der Waals surface area contributed by atoms with Crippen molar-refractivity contribution in [1.82, 2.24) is 9.78 Å². The second-order valence-electron chi connectivity index (χ2n) is 6.77. The highest BCUT2D eigenvalue weighted by molar-refractivity contribution is 6.33. The summed E-state index contributed by atoms with van der Waals surface area (Å²) in [5, 5.41) is 19.5. The van der Waals surface area contributed by atoms with E-state index >= 15 is 0 Å². The van der Waals surface area contributed by atoms with Crippen molar-refractivity contribution in [3.05, 3.63) is 45.3 Å². The van der Waals surface area contributed by atoms with Gasteiger partial charge in [-0.15, -0.1) is 0 Å². The lowest BCUT2D eigenvalue weighted by atomic mass is 9.93. The van der Waals surface area contributed by atoms with Crippen molar-refractivity contribution in [2.45, 2.75) is 20.0 Å². The monoisotopic (exact) mass is 399 g/mol. The van der Waals surface area contributed by atoms with Gasteiger partial charge in [0, 0.05) is 30.4 Å². The molecular formula is C18H17N5O6. The molecule has 4 rings (SSSR count). The minimum absolute atomic E-state index is 0.00585. The normalized spacial score (nSPS) is 20.6. The van der Waals surface area contributed by atoms with E-state index in [9.17, 15) is 19.7 Å². The molecule has 3 heterocycles. The molecule has 2 aliphatic rings. The third-order valence-corrected chi connectivity index (χ3v) is 5.19. The van der Waals surface area contributed by atoms with E-state index in [2.05, 4.69) is 10.3 Å². The summed E-state index contributed by atoms with van der Waals surface area (Å²) in [7, 11) is 3.11. The number of carbonyl (C=O) groups is 2. The highest BCUT2D eigenvalue weighted by Crippen LogP contribution is 2.40. The van der Waals surface area contributed by atoms with Crippen molar-refractivity contribution in [1.29, 1.82) is 0 Å². The Morgan fingerprint density at radius 2 is 1.97 bits per heavy atom. The molecular weight excluding hydrogens is 382 g/mol. The second kappa shape index (κ2) is 6.40. The Hall–Kier alpha value is -3.76. The topological polar surface area (TPSA) is 129 Å². The molecule has 150 valence electrons. The lowest BCUT2D eigenvalue weighted by molar-refractivity contribution is -0.384. The molecule has 0 N–H and O–H groups in total. The van der Waals surface area contributed by atoms with Crippen LogP contribution in [0.3, 0.4) is 0 Å². The molecule has 1 aromatic carbocycles. The number of hydrogen-bond acceptors (Lipinski definition) is 8. The summed E-state index contributed by atoms with van der Waals surface area (Å²) in [5.74, 6) is -2.05. The standard InChI is InChI=1S/C18H17N5O6/c1-8-13(9(2)21(3)19-8)15-14-16(29-20-15)18(25)22(17(14)24)11-7-10(23(26)27)5-6-12(11)28-4/h5-7,14,16H,1-4H3/t14-,16-/m1/s1. The summed E-state index contributed by atoms with van der Waals surface area (Å²) in [6, 6.07) is 3.71. The maximum absolute atomic E-state index is 13.3. The van der Waals surface area contributed by atoms with Crippen LogP contribution in [0.4, 0.5) is 11.4 Å². The molecule has 0 bridgehead atoms. The van der Waals surface area contributed by atoms with Crippen molar-refractivity contribution in [3.8, 4) is 5.75 Å². The number of benzene rings is 1. The third kappa shape index (κ3) is 2.57. The van der Waals surface area contributed by atoms with Gasteiger partial charge in [-0.2, -0.15) is 5.10 Å². The molecule has 0 radical (unpaired) electrons. The largest absolute Gasteiger partial charge is 0.495 e. The van der Waals surface area contributed by atoms with Crippen LogP contribution in [0.2, 0.25) is 0 Å². The maximum Gasteiger partial charge on any atom is 0.279 e. The number of hydrogen-bond donors (Lipinski definition) is 0. The van der Waals surface area contributed by atoms with E-state index in [1.54, 1.807) is 18.7 Å². The number of carbonyl (C=O) groups excluding carboxylic acids is 2. The summed E-state index contributed by atoms with van der Waals surface area (Å²) < 4.78 is 6.87. The molecule has 11 nitrogen and oxygen atoms in total. The molecule has 1 fully saturated rings. The van der Waals surface area contributed by atoms with Crippen molar-refractivity contribution < 1.29 is 24.1 Å². The van der Waals surface area contributed by atoms with Crippen LogP contribution >= 0.6 is 0 Å². The Morgan fingerprint density at radius 3 is 2.55 bits per heavy atom. The van der Waals surface area contributed by atoms with Crippen LogP contribution in [-0.2, 0) is 21.5 Å². The summed E-state index contributed by atoms with van der Waals surface area (Å²) in [5.41, 5.74) is 2.12. The van der Waals surface area contributed by atoms with E-state index in [-0.39, 0.29) is 17.1 Å². The van der Waals surface area contributed by atoms with Gasteiger partial charge in [-0.05, 0) is 19.9 Å². The van der Waals surface area contributed by atoms with Crippen molar-refractivity contribution in [3.63, 3.8) is 0 Å². The van der Waals surface area contributed by atoms with Gasteiger partial charge in [-0.3, -0.25) is 24.4 Å². The summed E-state index contributed by atoms with van der Waals surface area (Å²) >= 11 is 0. The molecule has 0 unspecified atom stereocenters. The van der Waals surface area contributed by atoms with Gasteiger partial charge in [-0.1, -0.05) is 5.16 Å². The van der Waals surface area contributed by atoms with Gasteiger partial charge < -0.3 is 9.57 Å². The van der Waals surface area contributed by atoms with Gasteiger partial charge in [0.05, 0.1) is 17.7 Å². The minimum Gasteiger partial charge on any atom is -0.495 e. The van der Waals surface area contributed by atoms with Crippen molar-refractivity contribution in [2.75, 3.05) is 12.0 Å². The number of imide groups is 1. The number of aryl methyl sites for hydroxylation is 2. The zero-order valence-electron chi connectivity index (χ0n) is 16.1. The molecule has 1 aromatic heterocycles. The fraction of sp³-hybridized carbons (Fsp3) is 0.333. The predicted octanol–water partition coefficient (Wildman–Crippen LogP) is 1.25. The molecule has 0 saturated carbocycles. The lowest BCUT2D eigenvalue weighted by Gasteiger charge is -2.18. The number of aromatic nitrogens is 2. The number of fused-ring (bicyclic) bond motifs is 1. The first-order valence-electron chi connectivity index (χ1n) is 8.70. The number of nitro groups is 1. The molecule has 11 heteroatoms. The smallest absolute Gasteiger partial charge is 0.279 e. The highest BCUT2D eigenvalue weighted by Gasteiger charge is 2.57. The maximum atomic E-state index is 13.3. The van der Waals surface area contributed by atoms with Crippen molar-refractivity contribution >= 4 is 28.9 Å². The number of nitrogens with zero attached hydrogens (tertiary/aromatic N) is 5. The Labute approximate surface area is 164 Å². The van der Waals surface area contributed by atoms with Gasteiger partial charge in [0.25, 0.3) is 11.6 Å². The Morgan fingerprint density at radius 1 is 1.24 bits per heavy atom. The van der Waals surface area contributed by atoms with E-state index in [1.807, 2.05) is 6.92 Å². The molecule has 1 saturated heterocycles. The van der Waals surface area contributed by atoms with E-state index in [0.29, 0.717) is 17.0 Å². The van der Waals surface area contributed by atoms with Crippen LogP contribution in [0.15, 0.2) is 23.4 Å². The number of non-ortho nitro benzene ring substituents is 1. The first-order chi connectivity index (χ1) is 13.8. The van der Waals surface area contributed by atoms with Crippen LogP contribution in [0.25, 0.3) is 0 Å². The molecule has 2 aromatic rings. The number of anilines is 1. The summed E-state index contributed by atoms with van der Waals surface area (Å²) in [6.07, 6.45) is -1.14. The van der Waals surface area contributed by atoms with Crippen LogP contribution in [-0.4, -0.2) is 45.4 Å². The Balaban J connectivity index is 1.79. The van der Waals surface area contributed by atoms with Crippen LogP contribution in [0, 0.1) is 29.9 Å². The number of nitro benzene ring substituents is 1. The second-order valence-corrected chi connectivity index (χ2v) is 6.77. The number of oxime groups is 1. The minimum atomic E-state index is -1.14. The number of amides is 2. The first-order valence-corrected chi connectivity index (χ1v) is 8.70. The summed E-state index contributed by atoms with van der Waals surface area (Å²) in [6.45, 7) is 3.61. The van der Waals surface area contributed by atoms with Gasteiger partial charge in [0.15, 0.2) is 0 Å². The van der Waals surface area contributed by atoms with E-state index in [0.717, 1.165) is 16.7 Å². The van der Waals surface area contributed by atoms with Gasteiger partial charge in [0.1, 0.15) is 23.1 Å².